The minimum atomic E-state index is -0.946. The molecule has 4 nitrogen and oxygen atoms in total. The van der Waals surface area contributed by atoms with Gasteiger partial charge in [-0.2, -0.15) is 0 Å². The number of hydrogen-bond donors (Lipinski definition) is 1. The van der Waals surface area contributed by atoms with Crippen LogP contribution in [0.3, 0.4) is 0 Å². The van der Waals surface area contributed by atoms with Crippen molar-refractivity contribution in [2.75, 3.05) is 24.7 Å². The van der Waals surface area contributed by atoms with Gasteiger partial charge in [0.15, 0.2) is 0 Å². The van der Waals surface area contributed by atoms with Crippen molar-refractivity contribution in [2.45, 2.75) is 26.7 Å². The molecule has 1 aromatic carbocycles. The van der Waals surface area contributed by atoms with E-state index in [2.05, 4.69) is 6.92 Å². The number of hydrogen-bond acceptors (Lipinski definition) is 2. The van der Waals surface area contributed by atoms with Crippen LogP contribution in [0.2, 0.25) is 0 Å². The minimum absolute atomic E-state index is 0.363. The zero-order chi connectivity index (χ0) is 13.4. The number of anilines is 1. The molecule has 0 fully saturated rings. The van der Waals surface area contributed by atoms with Crippen LogP contribution in [-0.2, 0) is 4.74 Å². The van der Waals surface area contributed by atoms with Crippen LogP contribution in [0.25, 0.3) is 0 Å². The molecule has 0 saturated heterocycles. The molecule has 0 radical (unpaired) electrons. The van der Waals surface area contributed by atoms with Crippen LogP contribution in [0.15, 0.2) is 24.3 Å². The molecule has 0 bridgehead atoms. The second-order valence-corrected chi connectivity index (χ2v) is 4.24. The summed E-state index contributed by atoms with van der Waals surface area (Å²) < 4.78 is 5.39. The molecule has 0 unspecified atom stereocenters. The maximum absolute atomic E-state index is 11.2. The van der Waals surface area contributed by atoms with E-state index in [4.69, 9.17) is 9.84 Å². The van der Waals surface area contributed by atoms with Gasteiger partial charge in [0, 0.05) is 12.3 Å². The monoisotopic (exact) mass is 251 g/mol. The van der Waals surface area contributed by atoms with Crippen molar-refractivity contribution >= 4 is 11.8 Å². The topological polar surface area (TPSA) is 49.8 Å². The molecule has 0 atom stereocenters. The molecule has 100 valence electrons. The Kier molecular flexibility index (Phi) is 6.22. The van der Waals surface area contributed by atoms with E-state index < -0.39 is 6.09 Å². The minimum Gasteiger partial charge on any atom is -0.465 e. The number of unbranched alkanes of at least 4 members (excludes halogenated alkanes) is 1. The van der Waals surface area contributed by atoms with Gasteiger partial charge in [-0.05, 0) is 25.5 Å². The Balaban J connectivity index is 2.50. The van der Waals surface area contributed by atoms with Crippen molar-refractivity contribution in [1.29, 1.82) is 0 Å². The fourth-order valence-electron chi connectivity index (χ4n) is 1.56. The summed E-state index contributed by atoms with van der Waals surface area (Å²) >= 11 is 0. The molecular weight excluding hydrogens is 230 g/mol. The van der Waals surface area contributed by atoms with Crippen molar-refractivity contribution < 1.29 is 14.6 Å². The van der Waals surface area contributed by atoms with Crippen LogP contribution in [0.4, 0.5) is 10.5 Å². The number of nitrogens with zero attached hydrogens (tertiary/aromatic N) is 1. The van der Waals surface area contributed by atoms with E-state index in [1.54, 1.807) is 0 Å². The van der Waals surface area contributed by atoms with Gasteiger partial charge in [-0.25, -0.2) is 4.79 Å². The van der Waals surface area contributed by atoms with Crippen LogP contribution in [0, 0.1) is 6.92 Å². The predicted molar refractivity (Wildman–Crippen MR) is 72.3 cm³/mol. The Morgan fingerprint density at radius 2 is 1.94 bits per heavy atom. The fourth-order valence-corrected chi connectivity index (χ4v) is 1.56. The first kappa shape index (κ1) is 14.5. The van der Waals surface area contributed by atoms with Gasteiger partial charge in [0.1, 0.15) is 0 Å². The summed E-state index contributed by atoms with van der Waals surface area (Å²) in [5.41, 5.74) is 1.80. The summed E-state index contributed by atoms with van der Waals surface area (Å²) in [5.74, 6) is 0. The summed E-state index contributed by atoms with van der Waals surface area (Å²) in [6.07, 6.45) is 1.15. The average Bonchev–Trinajstić information content (AvgIpc) is 2.35. The second-order valence-electron chi connectivity index (χ2n) is 4.24. The van der Waals surface area contributed by atoms with Gasteiger partial charge in [0.2, 0.25) is 0 Å². The standard InChI is InChI=1S/C14H21NO3/c1-3-4-10-18-11-9-15(14(16)17)13-7-5-12(2)6-8-13/h5-8H,3-4,9-11H2,1-2H3,(H,16,17). The molecule has 1 aromatic rings. The molecule has 0 aromatic heterocycles. The maximum atomic E-state index is 11.2. The van der Waals surface area contributed by atoms with Gasteiger partial charge in [0.25, 0.3) is 0 Å². The fraction of sp³-hybridized carbons (Fsp3) is 0.500. The van der Waals surface area contributed by atoms with Gasteiger partial charge in [-0.1, -0.05) is 31.0 Å². The molecule has 18 heavy (non-hydrogen) atoms. The molecule has 4 heteroatoms. The molecular formula is C14H21NO3. The molecule has 0 aliphatic carbocycles. The Labute approximate surface area is 108 Å². The summed E-state index contributed by atoms with van der Waals surface area (Å²) in [7, 11) is 0. The van der Waals surface area contributed by atoms with E-state index in [0.717, 1.165) is 18.4 Å². The molecule has 1 amide bonds. The normalized spacial score (nSPS) is 10.3. The number of benzene rings is 1. The van der Waals surface area contributed by atoms with Gasteiger partial charge in [-0.15, -0.1) is 0 Å². The Morgan fingerprint density at radius 1 is 1.28 bits per heavy atom. The highest BCUT2D eigenvalue weighted by molar-refractivity contribution is 5.85. The van der Waals surface area contributed by atoms with Gasteiger partial charge < -0.3 is 9.84 Å². The molecule has 0 aliphatic rings. The SMILES string of the molecule is CCCCOCCN(C(=O)O)c1ccc(C)cc1. The van der Waals surface area contributed by atoms with Crippen LogP contribution >= 0.6 is 0 Å². The third-order valence-corrected chi connectivity index (χ3v) is 2.68. The van der Waals surface area contributed by atoms with E-state index in [-0.39, 0.29) is 0 Å². The number of carbonyl (C=O) groups is 1. The lowest BCUT2D eigenvalue weighted by Gasteiger charge is -2.19. The van der Waals surface area contributed by atoms with Gasteiger partial charge in [-0.3, -0.25) is 4.90 Å². The molecule has 0 heterocycles. The lowest BCUT2D eigenvalue weighted by molar-refractivity contribution is 0.135. The number of aryl methyl sites for hydroxylation is 1. The van der Waals surface area contributed by atoms with Crippen LogP contribution < -0.4 is 4.90 Å². The summed E-state index contributed by atoms with van der Waals surface area (Å²) in [6, 6.07) is 7.44. The Hall–Kier alpha value is -1.55. The molecule has 0 saturated carbocycles. The van der Waals surface area contributed by atoms with E-state index in [9.17, 15) is 4.79 Å². The Bertz CT molecular complexity index is 362. The van der Waals surface area contributed by atoms with Crippen molar-refractivity contribution in [3.63, 3.8) is 0 Å². The van der Waals surface area contributed by atoms with Crippen molar-refractivity contribution in [3.05, 3.63) is 29.8 Å². The predicted octanol–water partition coefficient (Wildman–Crippen LogP) is 3.30. The first-order valence-electron chi connectivity index (χ1n) is 6.30. The van der Waals surface area contributed by atoms with E-state index >= 15 is 0 Å². The first-order valence-corrected chi connectivity index (χ1v) is 6.30. The van der Waals surface area contributed by atoms with Gasteiger partial charge in [0.05, 0.1) is 13.2 Å². The summed E-state index contributed by atoms with van der Waals surface area (Å²) in [6.45, 7) is 5.56. The van der Waals surface area contributed by atoms with E-state index in [1.165, 1.54) is 4.90 Å². The lowest BCUT2D eigenvalue weighted by atomic mass is 10.2. The third kappa shape index (κ3) is 4.75. The zero-order valence-electron chi connectivity index (χ0n) is 11.1. The lowest BCUT2D eigenvalue weighted by Crippen LogP contribution is -2.32. The molecule has 1 N–H and O–H groups in total. The van der Waals surface area contributed by atoms with Gasteiger partial charge >= 0.3 is 6.09 Å². The van der Waals surface area contributed by atoms with E-state index in [1.807, 2.05) is 31.2 Å². The smallest absolute Gasteiger partial charge is 0.411 e. The molecule has 0 spiro atoms. The van der Waals surface area contributed by atoms with Crippen molar-refractivity contribution in [3.8, 4) is 0 Å². The number of ether oxygens (including phenoxy) is 1. The zero-order valence-corrected chi connectivity index (χ0v) is 11.1. The molecule has 0 aliphatic heterocycles. The second kappa shape index (κ2) is 7.71. The maximum Gasteiger partial charge on any atom is 0.411 e. The number of rotatable bonds is 7. The first-order chi connectivity index (χ1) is 8.65. The Morgan fingerprint density at radius 3 is 2.50 bits per heavy atom. The third-order valence-electron chi connectivity index (χ3n) is 2.68. The quantitative estimate of drug-likeness (QED) is 0.756. The molecule has 1 rings (SSSR count). The number of carboxylic acid groups (broad SMARTS) is 1. The highest BCUT2D eigenvalue weighted by atomic mass is 16.5. The average molecular weight is 251 g/mol. The highest BCUT2D eigenvalue weighted by Gasteiger charge is 2.13. The van der Waals surface area contributed by atoms with Crippen molar-refractivity contribution in [2.24, 2.45) is 0 Å². The van der Waals surface area contributed by atoms with Crippen LogP contribution in [0.5, 0.6) is 0 Å². The largest absolute Gasteiger partial charge is 0.465 e. The van der Waals surface area contributed by atoms with Crippen LogP contribution in [-0.4, -0.2) is 31.0 Å². The van der Waals surface area contributed by atoms with Crippen LogP contribution in [0.1, 0.15) is 25.3 Å². The van der Waals surface area contributed by atoms with Crippen molar-refractivity contribution in [1.82, 2.24) is 0 Å². The number of amides is 1. The highest BCUT2D eigenvalue weighted by Crippen LogP contribution is 2.15. The summed E-state index contributed by atoms with van der Waals surface area (Å²) in [5, 5.41) is 9.17. The van der Waals surface area contributed by atoms with E-state index in [0.29, 0.717) is 25.4 Å². The summed E-state index contributed by atoms with van der Waals surface area (Å²) in [4.78, 5) is 12.5.